The van der Waals surface area contributed by atoms with Crippen LogP contribution in [-0.4, -0.2) is 16.9 Å². The Kier molecular flexibility index (Phi) is 5.41. The number of phenols is 1. The van der Waals surface area contributed by atoms with Gasteiger partial charge >= 0.3 is 0 Å². The summed E-state index contributed by atoms with van der Waals surface area (Å²) in [5.41, 5.74) is 2.06. The summed E-state index contributed by atoms with van der Waals surface area (Å²) in [6.07, 6.45) is 4.09. The van der Waals surface area contributed by atoms with Gasteiger partial charge in [0.05, 0.1) is 17.0 Å². The molecule has 0 bridgehead atoms. The van der Waals surface area contributed by atoms with Gasteiger partial charge in [0.1, 0.15) is 5.75 Å². The predicted molar refractivity (Wildman–Crippen MR) is 134 cm³/mol. The molecule has 0 aromatic heterocycles. The highest BCUT2D eigenvalue weighted by molar-refractivity contribution is 6.32. The first-order valence-corrected chi connectivity index (χ1v) is 11.6. The largest absolute Gasteiger partial charge is 0.507 e. The fraction of sp³-hybridized carbons (Fsp3) is 0.172. The lowest BCUT2D eigenvalue weighted by Crippen LogP contribution is -2.48. The van der Waals surface area contributed by atoms with Crippen LogP contribution in [-0.2, 0) is 15.0 Å². The highest BCUT2D eigenvalue weighted by Crippen LogP contribution is 2.59. The Hall–Kier alpha value is -3.63. The number of carbonyl (C=O) groups excluding carboxylic acids is 2. The van der Waals surface area contributed by atoms with Gasteiger partial charge in [0, 0.05) is 16.5 Å². The van der Waals surface area contributed by atoms with Gasteiger partial charge in [0.15, 0.2) is 0 Å². The molecule has 1 aliphatic heterocycles. The van der Waals surface area contributed by atoms with Crippen molar-refractivity contribution in [1.82, 2.24) is 0 Å². The third-order valence-corrected chi connectivity index (χ3v) is 7.37. The van der Waals surface area contributed by atoms with Crippen molar-refractivity contribution in [2.24, 2.45) is 5.92 Å². The minimum Gasteiger partial charge on any atom is -0.507 e. The summed E-state index contributed by atoms with van der Waals surface area (Å²) in [7, 11) is 0. The molecule has 1 fully saturated rings. The van der Waals surface area contributed by atoms with Crippen molar-refractivity contribution in [1.29, 1.82) is 0 Å². The average molecular weight is 470 g/mol. The number of imide groups is 1. The number of phenolic OH excluding ortho intramolecular Hbond substituents is 1. The Morgan fingerprint density at radius 3 is 2.50 bits per heavy atom. The summed E-state index contributed by atoms with van der Waals surface area (Å²) in [6.45, 7) is 5.83. The third kappa shape index (κ3) is 3.06. The minimum atomic E-state index is -1.25. The second-order valence-electron chi connectivity index (χ2n) is 8.84. The second kappa shape index (κ2) is 8.30. The first kappa shape index (κ1) is 22.2. The van der Waals surface area contributed by atoms with Crippen molar-refractivity contribution in [3.8, 4) is 5.75 Å². The molecule has 3 aromatic carbocycles. The van der Waals surface area contributed by atoms with Crippen molar-refractivity contribution in [3.63, 3.8) is 0 Å². The number of allylic oxidation sites excluding steroid dienone is 3. The summed E-state index contributed by atoms with van der Waals surface area (Å²) in [5, 5.41) is 11.6. The third-order valence-electron chi connectivity index (χ3n) is 7.14. The van der Waals surface area contributed by atoms with Crippen LogP contribution in [0.4, 0.5) is 5.69 Å². The van der Waals surface area contributed by atoms with E-state index in [1.807, 2.05) is 61.5 Å². The van der Waals surface area contributed by atoms with Gasteiger partial charge < -0.3 is 5.11 Å². The Bertz CT molecular complexity index is 1350. The lowest BCUT2D eigenvalue weighted by molar-refractivity contribution is -0.123. The van der Waals surface area contributed by atoms with Gasteiger partial charge in [-0.15, -0.1) is 0 Å². The Morgan fingerprint density at radius 1 is 1.06 bits per heavy atom. The van der Waals surface area contributed by atoms with Crippen LogP contribution >= 0.6 is 11.6 Å². The molecule has 4 nitrogen and oxygen atoms in total. The van der Waals surface area contributed by atoms with Crippen molar-refractivity contribution in [3.05, 3.63) is 119 Å². The predicted octanol–water partition coefficient (Wildman–Crippen LogP) is 6.08. The van der Waals surface area contributed by atoms with Gasteiger partial charge in [-0.25, -0.2) is 4.90 Å². The molecule has 5 rings (SSSR count). The van der Waals surface area contributed by atoms with Crippen molar-refractivity contribution in [2.45, 2.75) is 24.7 Å². The van der Waals surface area contributed by atoms with Crippen LogP contribution in [0.5, 0.6) is 5.75 Å². The summed E-state index contributed by atoms with van der Waals surface area (Å²) in [5.74, 6) is -1.71. The van der Waals surface area contributed by atoms with Crippen LogP contribution in [0.2, 0.25) is 5.02 Å². The van der Waals surface area contributed by atoms with E-state index in [0.717, 1.165) is 11.1 Å². The van der Waals surface area contributed by atoms with E-state index in [1.165, 1.54) is 4.90 Å². The number of anilines is 1. The minimum absolute atomic E-state index is 0.123. The van der Waals surface area contributed by atoms with Gasteiger partial charge in [-0.05, 0) is 48.2 Å². The van der Waals surface area contributed by atoms with E-state index < -0.39 is 17.3 Å². The molecule has 2 aliphatic rings. The maximum Gasteiger partial charge on any atom is 0.246 e. The summed E-state index contributed by atoms with van der Waals surface area (Å²) in [4.78, 5) is 29.7. The molecule has 0 radical (unpaired) electrons. The summed E-state index contributed by atoms with van der Waals surface area (Å²) in [6, 6.07) is 21.7. The molecule has 0 saturated carbocycles. The lowest BCUT2D eigenvalue weighted by Gasteiger charge is -2.43. The van der Waals surface area contributed by atoms with E-state index in [2.05, 4.69) is 6.58 Å². The molecule has 34 heavy (non-hydrogen) atoms. The SMILES string of the molecule is C=CC1=CCC2C(=O)N(c3cccc(Cl)c3)C(=O)C2(c2ccccc2)C1c1cccc(C)c1O. The first-order chi connectivity index (χ1) is 16.4. The number of benzene rings is 3. The number of aryl methyl sites for hydroxylation is 1. The molecule has 1 saturated heterocycles. The molecule has 1 heterocycles. The zero-order valence-electron chi connectivity index (χ0n) is 18.7. The quantitative estimate of drug-likeness (QED) is 0.471. The Labute approximate surface area is 203 Å². The number of aromatic hydroxyl groups is 1. The number of nitrogens with zero attached hydrogens (tertiary/aromatic N) is 1. The number of para-hydroxylation sites is 1. The molecular weight excluding hydrogens is 446 g/mol. The van der Waals surface area contributed by atoms with Crippen molar-refractivity contribution in [2.75, 3.05) is 4.90 Å². The van der Waals surface area contributed by atoms with Crippen LogP contribution in [0.3, 0.4) is 0 Å². The van der Waals surface area contributed by atoms with Gasteiger partial charge in [-0.2, -0.15) is 0 Å². The summed E-state index contributed by atoms with van der Waals surface area (Å²) >= 11 is 6.23. The number of amides is 2. The van der Waals surface area contributed by atoms with E-state index in [0.29, 0.717) is 28.3 Å². The monoisotopic (exact) mass is 469 g/mol. The van der Waals surface area contributed by atoms with E-state index in [9.17, 15) is 14.7 Å². The number of rotatable bonds is 4. The van der Waals surface area contributed by atoms with Crippen LogP contribution in [0.15, 0.2) is 97.1 Å². The number of hydrogen-bond donors (Lipinski definition) is 1. The molecule has 2 amide bonds. The van der Waals surface area contributed by atoms with Gasteiger partial charge in [0.2, 0.25) is 11.8 Å². The number of fused-ring (bicyclic) bond motifs is 1. The normalized spacial score (nSPS) is 24.1. The van der Waals surface area contributed by atoms with Gasteiger partial charge in [0.25, 0.3) is 0 Å². The van der Waals surface area contributed by atoms with Crippen LogP contribution in [0.1, 0.15) is 29.0 Å². The highest BCUT2D eigenvalue weighted by atomic mass is 35.5. The van der Waals surface area contributed by atoms with Gasteiger partial charge in [-0.3, -0.25) is 9.59 Å². The molecular formula is C29H24ClNO3. The zero-order chi connectivity index (χ0) is 24.0. The van der Waals surface area contributed by atoms with E-state index in [4.69, 9.17) is 11.6 Å². The number of halogens is 1. The van der Waals surface area contributed by atoms with Crippen LogP contribution in [0, 0.1) is 12.8 Å². The molecule has 0 spiro atoms. The molecule has 3 atom stereocenters. The molecule has 3 unspecified atom stereocenters. The molecule has 1 N–H and O–H groups in total. The van der Waals surface area contributed by atoms with Crippen LogP contribution in [0.25, 0.3) is 0 Å². The number of carbonyl (C=O) groups is 2. The van der Waals surface area contributed by atoms with Crippen molar-refractivity contribution >= 4 is 29.1 Å². The first-order valence-electron chi connectivity index (χ1n) is 11.2. The molecule has 1 aliphatic carbocycles. The topological polar surface area (TPSA) is 57.6 Å². The lowest BCUT2D eigenvalue weighted by atomic mass is 9.56. The average Bonchev–Trinajstić information content (AvgIpc) is 3.08. The summed E-state index contributed by atoms with van der Waals surface area (Å²) < 4.78 is 0. The molecule has 170 valence electrons. The van der Waals surface area contributed by atoms with E-state index >= 15 is 0 Å². The molecule has 3 aromatic rings. The maximum absolute atomic E-state index is 14.5. The maximum atomic E-state index is 14.5. The Morgan fingerprint density at radius 2 is 1.79 bits per heavy atom. The van der Waals surface area contributed by atoms with E-state index in [1.54, 1.807) is 30.3 Å². The fourth-order valence-electron chi connectivity index (χ4n) is 5.64. The number of hydrogen-bond acceptors (Lipinski definition) is 3. The van der Waals surface area contributed by atoms with Crippen LogP contribution < -0.4 is 4.90 Å². The Balaban J connectivity index is 1.84. The van der Waals surface area contributed by atoms with Crippen molar-refractivity contribution < 1.29 is 14.7 Å². The zero-order valence-corrected chi connectivity index (χ0v) is 19.5. The molecule has 5 heteroatoms. The van der Waals surface area contributed by atoms with E-state index in [-0.39, 0.29) is 17.6 Å². The second-order valence-corrected chi connectivity index (χ2v) is 9.27. The van der Waals surface area contributed by atoms with Gasteiger partial charge in [-0.1, -0.05) is 84.9 Å². The highest BCUT2D eigenvalue weighted by Gasteiger charge is 2.66. The fourth-order valence-corrected chi connectivity index (χ4v) is 5.82. The standard InChI is InChI=1S/C29H24ClNO3/c1-3-19-15-16-24-27(33)31(22-13-8-12-21(30)17-22)28(34)29(24,20-10-5-4-6-11-20)25(19)23-14-7-9-18(2)26(23)32/h3-15,17,24-25,32H,1,16H2,2H3. The smallest absolute Gasteiger partial charge is 0.246 e.